The second kappa shape index (κ2) is 4.35. The van der Waals surface area contributed by atoms with Crippen molar-refractivity contribution in [3.63, 3.8) is 0 Å². The molecule has 0 N–H and O–H groups in total. The second-order valence-electron chi connectivity index (χ2n) is 2.70. The lowest BCUT2D eigenvalue weighted by Gasteiger charge is -2.12. The normalized spacial score (nSPS) is 14.2. The van der Waals surface area contributed by atoms with E-state index in [-0.39, 0.29) is 0 Å². The highest BCUT2D eigenvalue weighted by atomic mass is 32.2. The Morgan fingerprint density at radius 3 is 2.54 bits per heavy atom. The van der Waals surface area contributed by atoms with Crippen LogP contribution in [0.25, 0.3) is 4.91 Å². The fourth-order valence-electron chi connectivity index (χ4n) is 1.19. The summed E-state index contributed by atoms with van der Waals surface area (Å²) in [5.74, 6) is 0. The molecule has 0 aliphatic heterocycles. The Hall–Kier alpha value is -0.930. The van der Waals surface area contributed by atoms with Gasteiger partial charge >= 0.3 is 0 Å². The number of rotatable bonds is 2. The summed E-state index contributed by atoms with van der Waals surface area (Å²) in [6.45, 7) is 3.61. The maximum absolute atomic E-state index is 10.8. The van der Waals surface area contributed by atoms with E-state index in [1.807, 2.05) is 25.1 Å². The van der Waals surface area contributed by atoms with Crippen molar-refractivity contribution in [2.75, 3.05) is 0 Å². The van der Waals surface area contributed by atoms with Crippen LogP contribution in [0, 0.1) is 6.92 Å². The van der Waals surface area contributed by atoms with Gasteiger partial charge in [0.2, 0.25) is 0 Å². The van der Waals surface area contributed by atoms with E-state index in [0.29, 0.717) is 4.91 Å². The van der Waals surface area contributed by atoms with Crippen LogP contribution in [0.5, 0.6) is 0 Å². The molecule has 0 amide bonds. The van der Waals surface area contributed by atoms with Gasteiger partial charge in [-0.25, -0.2) is 0 Å². The molecule has 0 radical (unpaired) electrons. The van der Waals surface area contributed by atoms with E-state index in [1.165, 1.54) is 0 Å². The topological polar surface area (TPSA) is 40.1 Å². The van der Waals surface area contributed by atoms with E-state index in [2.05, 4.69) is 0 Å². The Morgan fingerprint density at radius 2 is 2.08 bits per heavy atom. The lowest BCUT2D eigenvalue weighted by atomic mass is 10.1. The standard InChI is InChI=1S/C10H12O2S/c1-3-10(13(11)12)9-7-5-4-6-8(9)2/h3-7H,1-2H3,(H,11,12)/p-1. The van der Waals surface area contributed by atoms with Crippen LogP contribution in [-0.4, -0.2) is 8.76 Å². The first kappa shape index (κ1) is 10.2. The molecule has 1 atom stereocenters. The van der Waals surface area contributed by atoms with E-state index >= 15 is 0 Å². The van der Waals surface area contributed by atoms with Crippen molar-refractivity contribution in [3.8, 4) is 0 Å². The maximum atomic E-state index is 10.8. The molecule has 0 saturated heterocycles. The fraction of sp³-hybridized carbons (Fsp3) is 0.200. The number of hydrogen-bond donors (Lipinski definition) is 0. The van der Waals surface area contributed by atoms with Gasteiger partial charge in [-0.3, -0.25) is 4.21 Å². The van der Waals surface area contributed by atoms with E-state index < -0.39 is 11.1 Å². The SMILES string of the molecule is CC=C(c1ccccc1C)S(=O)[O-]. The third-order valence-electron chi connectivity index (χ3n) is 1.85. The highest BCUT2D eigenvalue weighted by Crippen LogP contribution is 2.20. The lowest BCUT2D eigenvalue weighted by Crippen LogP contribution is -1.94. The Morgan fingerprint density at radius 1 is 1.46 bits per heavy atom. The van der Waals surface area contributed by atoms with Crippen LogP contribution in [0.4, 0.5) is 0 Å². The molecule has 1 unspecified atom stereocenters. The Labute approximate surface area is 80.6 Å². The molecule has 3 heteroatoms. The minimum atomic E-state index is -2.15. The number of allylic oxidation sites excluding steroid dienone is 1. The monoisotopic (exact) mass is 195 g/mol. The summed E-state index contributed by atoms with van der Waals surface area (Å²) in [6, 6.07) is 7.42. The summed E-state index contributed by atoms with van der Waals surface area (Å²) in [4.78, 5) is 0.359. The smallest absolute Gasteiger partial charge is 0.0281 e. The highest BCUT2D eigenvalue weighted by Gasteiger charge is 2.02. The highest BCUT2D eigenvalue weighted by molar-refractivity contribution is 7.89. The molecule has 0 aliphatic rings. The van der Waals surface area contributed by atoms with Crippen LogP contribution in [0.15, 0.2) is 30.3 Å². The van der Waals surface area contributed by atoms with E-state index in [1.54, 1.807) is 19.1 Å². The van der Waals surface area contributed by atoms with Gasteiger partial charge in [0, 0.05) is 4.91 Å². The third kappa shape index (κ3) is 2.26. The van der Waals surface area contributed by atoms with Gasteiger partial charge in [0.1, 0.15) is 0 Å². The number of benzene rings is 1. The minimum absolute atomic E-state index is 0.359. The van der Waals surface area contributed by atoms with Crippen molar-refractivity contribution in [1.29, 1.82) is 0 Å². The third-order valence-corrected chi connectivity index (χ3v) is 2.67. The molecule has 0 aliphatic carbocycles. The average Bonchev–Trinajstić information content (AvgIpc) is 2.09. The van der Waals surface area contributed by atoms with Crippen molar-refractivity contribution < 1.29 is 8.76 Å². The maximum Gasteiger partial charge on any atom is 0.0281 e. The molecular weight excluding hydrogens is 184 g/mol. The van der Waals surface area contributed by atoms with Crippen LogP contribution in [0.3, 0.4) is 0 Å². The van der Waals surface area contributed by atoms with Crippen molar-refractivity contribution in [3.05, 3.63) is 41.5 Å². The molecule has 0 fully saturated rings. The zero-order valence-electron chi connectivity index (χ0n) is 7.61. The van der Waals surface area contributed by atoms with Crippen LogP contribution in [0.2, 0.25) is 0 Å². The summed E-state index contributed by atoms with van der Waals surface area (Å²) in [5, 5.41) is 0. The summed E-state index contributed by atoms with van der Waals surface area (Å²) < 4.78 is 21.6. The lowest BCUT2D eigenvalue weighted by molar-refractivity contribution is 0.548. The molecule has 13 heavy (non-hydrogen) atoms. The quantitative estimate of drug-likeness (QED) is 0.679. The Bertz CT molecular complexity index is 356. The van der Waals surface area contributed by atoms with Crippen molar-refractivity contribution >= 4 is 16.0 Å². The van der Waals surface area contributed by atoms with Crippen LogP contribution < -0.4 is 0 Å². The van der Waals surface area contributed by atoms with Gasteiger partial charge in [-0.15, -0.1) is 0 Å². The van der Waals surface area contributed by atoms with Crippen molar-refractivity contribution in [1.82, 2.24) is 0 Å². The molecule has 70 valence electrons. The van der Waals surface area contributed by atoms with Gasteiger partial charge in [-0.1, -0.05) is 30.3 Å². The van der Waals surface area contributed by atoms with Gasteiger partial charge in [0.25, 0.3) is 0 Å². The first-order valence-electron chi connectivity index (χ1n) is 3.98. The molecule has 0 aromatic heterocycles. The molecule has 1 rings (SSSR count). The molecule has 0 spiro atoms. The van der Waals surface area contributed by atoms with Gasteiger partial charge < -0.3 is 4.55 Å². The van der Waals surface area contributed by atoms with Crippen LogP contribution in [-0.2, 0) is 11.1 Å². The molecule has 1 aromatic carbocycles. The summed E-state index contributed by atoms with van der Waals surface area (Å²) in [7, 11) is 0. The molecule has 2 nitrogen and oxygen atoms in total. The Balaban J connectivity index is 3.21. The van der Waals surface area contributed by atoms with Crippen LogP contribution in [0.1, 0.15) is 18.1 Å². The average molecular weight is 195 g/mol. The summed E-state index contributed by atoms with van der Waals surface area (Å²) >= 11 is -2.15. The van der Waals surface area contributed by atoms with E-state index in [0.717, 1.165) is 11.1 Å². The zero-order valence-corrected chi connectivity index (χ0v) is 8.43. The predicted octanol–water partition coefficient (Wildman–Crippen LogP) is 2.23. The van der Waals surface area contributed by atoms with E-state index in [4.69, 9.17) is 0 Å². The van der Waals surface area contributed by atoms with Gasteiger partial charge in [-0.05, 0) is 36.1 Å². The summed E-state index contributed by atoms with van der Waals surface area (Å²) in [5.41, 5.74) is 1.75. The molecular formula is C10H11O2S-. The number of aryl methyl sites for hydroxylation is 1. The van der Waals surface area contributed by atoms with Crippen molar-refractivity contribution in [2.45, 2.75) is 13.8 Å². The Kier molecular flexibility index (Phi) is 3.39. The molecule has 0 heterocycles. The van der Waals surface area contributed by atoms with Crippen molar-refractivity contribution in [2.24, 2.45) is 0 Å². The molecule has 1 aromatic rings. The summed E-state index contributed by atoms with van der Waals surface area (Å²) in [6.07, 6.45) is 1.60. The zero-order chi connectivity index (χ0) is 9.84. The van der Waals surface area contributed by atoms with E-state index in [9.17, 15) is 8.76 Å². The first-order valence-corrected chi connectivity index (χ1v) is 5.06. The van der Waals surface area contributed by atoms with Gasteiger partial charge in [0.05, 0.1) is 0 Å². The predicted molar refractivity (Wildman–Crippen MR) is 53.7 cm³/mol. The van der Waals surface area contributed by atoms with Gasteiger partial charge in [0.15, 0.2) is 0 Å². The van der Waals surface area contributed by atoms with Crippen LogP contribution >= 0.6 is 0 Å². The molecule has 0 saturated carbocycles. The minimum Gasteiger partial charge on any atom is -0.768 e. The second-order valence-corrected chi connectivity index (χ2v) is 3.61. The largest absolute Gasteiger partial charge is 0.768 e. The number of hydrogen-bond acceptors (Lipinski definition) is 2. The van der Waals surface area contributed by atoms with Gasteiger partial charge in [-0.2, -0.15) is 0 Å². The first-order chi connectivity index (χ1) is 6.16. The molecule has 0 bridgehead atoms. The fourth-order valence-corrected chi connectivity index (χ4v) is 1.79.